The molecule has 0 aliphatic carbocycles. The van der Waals surface area contributed by atoms with E-state index in [1.807, 2.05) is 49.4 Å². The molecule has 1 aliphatic rings. The first-order valence-electron chi connectivity index (χ1n) is 14.6. The van der Waals surface area contributed by atoms with Crippen LogP contribution in [0.15, 0.2) is 66.7 Å². The fourth-order valence-corrected chi connectivity index (χ4v) is 4.84. The van der Waals surface area contributed by atoms with Crippen LogP contribution in [0.2, 0.25) is 0 Å². The Hall–Kier alpha value is -4.04. The number of rotatable bonds is 11. The quantitative estimate of drug-likeness (QED) is 0.231. The van der Waals surface area contributed by atoms with Gasteiger partial charge in [-0.05, 0) is 111 Å². The molecule has 1 saturated heterocycles. The summed E-state index contributed by atoms with van der Waals surface area (Å²) in [5.74, 6) is 1.94. The number of urea groups is 1. The van der Waals surface area contributed by atoms with Gasteiger partial charge in [0.15, 0.2) is 0 Å². The molecule has 0 atom stereocenters. The number of nitrogens with one attached hydrogen (secondary N) is 3. The Kier molecular flexibility index (Phi) is 10.6. The Labute approximate surface area is 243 Å². The lowest BCUT2D eigenvalue weighted by atomic mass is 10.1. The highest BCUT2D eigenvalue weighted by atomic mass is 16.5. The highest BCUT2D eigenvalue weighted by Gasteiger charge is 2.19. The van der Waals surface area contributed by atoms with Crippen LogP contribution in [0.5, 0.6) is 17.2 Å². The van der Waals surface area contributed by atoms with Gasteiger partial charge in [0.25, 0.3) is 5.91 Å². The van der Waals surface area contributed by atoms with E-state index in [9.17, 15) is 9.59 Å². The lowest BCUT2D eigenvalue weighted by Gasteiger charge is -2.31. The van der Waals surface area contributed by atoms with Crippen LogP contribution in [0.1, 0.15) is 62.4 Å². The Balaban J connectivity index is 1.28. The summed E-state index contributed by atoms with van der Waals surface area (Å²) >= 11 is 0. The third-order valence-corrected chi connectivity index (χ3v) is 7.49. The number of benzene rings is 3. The molecule has 0 bridgehead atoms. The molecule has 8 heteroatoms. The average Bonchev–Trinajstić information content (AvgIpc) is 2.99. The average molecular weight is 559 g/mol. The number of hydrogen-bond donors (Lipinski definition) is 3. The van der Waals surface area contributed by atoms with Crippen molar-refractivity contribution in [2.45, 2.75) is 65.5 Å². The van der Waals surface area contributed by atoms with E-state index in [1.165, 1.54) is 0 Å². The molecule has 1 aliphatic heterocycles. The largest absolute Gasteiger partial charge is 0.490 e. The topological polar surface area (TPSA) is 91.9 Å². The normalized spacial score (nSPS) is 14.0. The lowest BCUT2D eigenvalue weighted by Crippen LogP contribution is -2.37. The van der Waals surface area contributed by atoms with Crippen LogP contribution >= 0.6 is 0 Å². The van der Waals surface area contributed by atoms with E-state index in [0.717, 1.165) is 56.6 Å². The molecule has 0 unspecified atom stereocenters. The molecule has 1 fully saturated rings. The van der Waals surface area contributed by atoms with Crippen molar-refractivity contribution in [3.05, 3.63) is 77.9 Å². The van der Waals surface area contributed by atoms with Crippen LogP contribution in [0.4, 0.5) is 16.2 Å². The molecule has 41 heavy (non-hydrogen) atoms. The number of carbonyl (C=O) groups is 2. The zero-order valence-electron chi connectivity index (χ0n) is 24.5. The molecule has 3 amide bonds. The summed E-state index contributed by atoms with van der Waals surface area (Å²) in [6.07, 6.45) is 4.05. The van der Waals surface area contributed by atoms with E-state index < -0.39 is 0 Å². The van der Waals surface area contributed by atoms with Crippen LogP contribution in [0.3, 0.4) is 0 Å². The Morgan fingerprint density at radius 2 is 1.49 bits per heavy atom. The minimum absolute atomic E-state index is 0.159. The van der Waals surface area contributed by atoms with Crippen molar-refractivity contribution in [2.24, 2.45) is 0 Å². The smallest absolute Gasteiger partial charge is 0.319 e. The van der Waals surface area contributed by atoms with Crippen LogP contribution in [0, 0.1) is 6.92 Å². The van der Waals surface area contributed by atoms with Gasteiger partial charge in [0.2, 0.25) is 0 Å². The Morgan fingerprint density at radius 3 is 2.10 bits per heavy atom. The van der Waals surface area contributed by atoms with Crippen molar-refractivity contribution >= 4 is 23.3 Å². The molecular weight excluding hydrogens is 516 g/mol. The molecule has 3 N–H and O–H groups in total. The van der Waals surface area contributed by atoms with E-state index in [2.05, 4.69) is 41.6 Å². The lowest BCUT2D eigenvalue weighted by molar-refractivity contribution is 0.102. The number of piperidine rings is 1. The second kappa shape index (κ2) is 14.6. The fourth-order valence-electron chi connectivity index (χ4n) is 4.84. The van der Waals surface area contributed by atoms with Gasteiger partial charge >= 0.3 is 6.03 Å². The third kappa shape index (κ3) is 8.72. The standard InChI is InChI=1S/C33H42N4O4/c1-5-25(6-2)35-33(39)36-26-10-15-29(16-11-26)41-31-17-12-27(22-23(31)4)34-32(38)24-8-13-28(14-9-24)40-30-18-20-37(7-3)21-19-30/h8-17,22,25,30H,5-7,18-21H2,1-4H3,(H,34,38)(H2,35,36,39). The highest BCUT2D eigenvalue weighted by Crippen LogP contribution is 2.28. The molecule has 1 heterocycles. The summed E-state index contributed by atoms with van der Waals surface area (Å²) in [5.41, 5.74) is 2.82. The van der Waals surface area contributed by atoms with Crippen molar-refractivity contribution in [2.75, 3.05) is 30.3 Å². The zero-order valence-corrected chi connectivity index (χ0v) is 24.5. The molecule has 218 valence electrons. The summed E-state index contributed by atoms with van der Waals surface area (Å²) < 4.78 is 12.2. The van der Waals surface area contributed by atoms with Crippen molar-refractivity contribution in [3.63, 3.8) is 0 Å². The summed E-state index contributed by atoms with van der Waals surface area (Å²) in [6, 6.07) is 20.0. The monoisotopic (exact) mass is 558 g/mol. The van der Waals surface area contributed by atoms with Gasteiger partial charge in [-0.3, -0.25) is 4.79 Å². The molecule has 0 aromatic heterocycles. The van der Waals surface area contributed by atoms with Gasteiger partial charge in [-0.15, -0.1) is 0 Å². The van der Waals surface area contributed by atoms with Crippen molar-refractivity contribution in [1.29, 1.82) is 0 Å². The van der Waals surface area contributed by atoms with Crippen LogP contribution in [0.25, 0.3) is 0 Å². The van der Waals surface area contributed by atoms with Crippen LogP contribution in [-0.2, 0) is 0 Å². The number of amides is 3. The van der Waals surface area contributed by atoms with Crippen molar-refractivity contribution < 1.29 is 19.1 Å². The second-order valence-electron chi connectivity index (χ2n) is 10.4. The molecular formula is C33H42N4O4. The molecule has 0 saturated carbocycles. The highest BCUT2D eigenvalue weighted by molar-refractivity contribution is 6.04. The first-order chi connectivity index (χ1) is 19.9. The number of anilines is 2. The van der Waals surface area contributed by atoms with Gasteiger partial charge in [0, 0.05) is 36.1 Å². The molecule has 3 aromatic rings. The maximum Gasteiger partial charge on any atom is 0.319 e. The summed E-state index contributed by atoms with van der Waals surface area (Å²) in [6.45, 7) is 11.4. The SMILES string of the molecule is CCC(CC)NC(=O)Nc1ccc(Oc2ccc(NC(=O)c3ccc(OC4CCN(CC)CC4)cc3)cc2C)cc1. The van der Waals surface area contributed by atoms with Gasteiger partial charge < -0.3 is 30.3 Å². The van der Waals surface area contributed by atoms with Gasteiger partial charge in [-0.1, -0.05) is 20.8 Å². The summed E-state index contributed by atoms with van der Waals surface area (Å²) in [7, 11) is 0. The molecule has 0 spiro atoms. The van der Waals surface area contributed by atoms with E-state index in [0.29, 0.717) is 28.4 Å². The van der Waals surface area contributed by atoms with E-state index in [1.54, 1.807) is 24.3 Å². The number of hydrogen-bond acceptors (Lipinski definition) is 5. The maximum absolute atomic E-state index is 12.9. The minimum Gasteiger partial charge on any atom is -0.490 e. The number of aryl methyl sites for hydroxylation is 1. The molecule has 0 radical (unpaired) electrons. The van der Waals surface area contributed by atoms with Crippen molar-refractivity contribution in [1.82, 2.24) is 10.2 Å². The fraction of sp³-hybridized carbons (Fsp3) is 0.394. The van der Waals surface area contributed by atoms with Gasteiger partial charge in [0.05, 0.1) is 0 Å². The number of ether oxygens (including phenoxy) is 2. The summed E-state index contributed by atoms with van der Waals surface area (Å²) in [4.78, 5) is 27.5. The van der Waals surface area contributed by atoms with Crippen LogP contribution < -0.4 is 25.4 Å². The van der Waals surface area contributed by atoms with E-state index in [-0.39, 0.29) is 24.1 Å². The Morgan fingerprint density at radius 1 is 0.854 bits per heavy atom. The predicted molar refractivity (Wildman–Crippen MR) is 164 cm³/mol. The number of nitrogens with zero attached hydrogens (tertiary/aromatic N) is 1. The predicted octanol–water partition coefficient (Wildman–Crippen LogP) is 7.21. The molecule has 3 aromatic carbocycles. The minimum atomic E-state index is -0.215. The third-order valence-electron chi connectivity index (χ3n) is 7.49. The van der Waals surface area contributed by atoms with E-state index in [4.69, 9.17) is 9.47 Å². The van der Waals surface area contributed by atoms with Crippen LogP contribution in [-0.4, -0.2) is 48.6 Å². The molecule has 4 rings (SSSR count). The first-order valence-corrected chi connectivity index (χ1v) is 14.6. The van der Waals surface area contributed by atoms with Gasteiger partial charge in [-0.2, -0.15) is 0 Å². The Bertz CT molecular complexity index is 1280. The van der Waals surface area contributed by atoms with Gasteiger partial charge in [0.1, 0.15) is 23.4 Å². The number of likely N-dealkylation sites (tertiary alicyclic amines) is 1. The summed E-state index contributed by atoms with van der Waals surface area (Å²) in [5, 5.41) is 8.77. The maximum atomic E-state index is 12.9. The van der Waals surface area contributed by atoms with Crippen molar-refractivity contribution in [3.8, 4) is 17.2 Å². The number of carbonyl (C=O) groups excluding carboxylic acids is 2. The van der Waals surface area contributed by atoms with E-state index >= 15 is 0 Å². The first kappa shape index (κ1) is 29.9. The second-order valence-corrected chi connectivity index (χ2v) is 10.4. The van der Waals surface area contributed by atoms with Gasteiger partial charge in [-0.25, -0.2) is 4.79 Å². The zero-order chi connectivity index (χ0) is 29.2. The molecule has 8 nitrogen and oxygen atoms in total.